The third kappa shape index (κ3) is 6.45. The van der Waals surface area contributed by atoms with Crippen LogP contribution in [0.25, 0.3) is 0 Å². The van der Waals surface area contributed by atoms with Gasteiger partial charge in [-0.3, -0.25) is 4.90 Å². The fourth-order valence-corrected chi connectivity index (χ4v) is 5.03. The summed E-state index contributed by atoms with van der Waals surface area (Å²) in [5, 5.41) is 10.6. The number of hydrogen-bond donors (Lipinski definition) is 2. The third-order valence-electron chi connectivity index (χ3n) is 6.08. The number of rotatable bonds is 11. The molecule has 1 fully saturated rings. The van der Waals surface area contributed by atoms with E-state index < -0.39 is 16.1 Å². The SMILES string of the molecule is CNS(=O)(=O)c1cc(C(O)CCCCCN2CCN(c3ccccc3)CC2)ccc1OC. The molecule has 8 heteroatoms. The van der Waals surface area contributed by atoms with Gasteiger partial charge in [0.1, 0.15) is 10.6 Å². The second-order valence-electron chi connectivity index (χ2n) is 8.15. The van der Waals surface area contributed by atoms with Crippen LogP contribution in [0.5, 0.6) is 5.75 Å². The van der Waals surface area contributed by atoms with E-state index in [2.05, 4.69) is 44.9 Å². The molecule has 0 amide bonds. The van der Waals surface area contributed by atoms with E-state index in [0.29, 0.717) is 12.0 Å². The lowest BCUT2D eigenvalue weighted by atomic mass is 10.0. The number of sulfonamides is 1. The van der Waals surface area contributed by atoms with Gasteiger partial charge in [-0.15, -0.1) is 0 Å². The number of anilines is 1. The molecule has 2 aromatic carbocycles. The molecule has 3 rings (SSSR count). The second-order valence-corrected chi connectivity index (χ2v) is 10.0. The van der Waals surface area contributed by atoms with Crippen LogP contribution < -0.4 is 14.4 Å². The molecule has 1 unspecified atom stereocenters. The molecule has 7 nitrogen and oxygen atoms in total. The van der Waals surface area contributed by atoms with E-state index >= 15 is 0 Å². The molecule has 0 aromatic heterocycles. The highest BCUT2D eigenvalue weighted by atomic mass is 32.2. The zero-order chi connectivity index (χ0) is 23.0. The van der Waals surface area contributed by atoms with Crippen molar-refractivity contribution in [2.45, 2.75) is 36.7 Å². The highest BCUT2D eigenvalue weighted by molar-refractivity contribution is 7.89. The Labute approximate surface area is 192 Å². The zero-order valence-corrected chi connectivity index (χ0v) is 19.9. The maximum absolute atomic E-state index is 12.2. The Kier molecular flexibility index (Phi) is 8.92. The number of methoxy groups -OCH3 is 1. The molecule has 1 saturated heterocycles. The molecule has 0 spiro atoms. The minimum absolute atomic E-state index is 0.0497. The summed E-state index contributed by atoms with van der Waals surface area (Å²) in [7, 11) is -0.863. The van der Waals surface area contributed by atoms with Crippen molar-refractivity contribution in [3.8, 4) is 5.75 Å². The summed E-state index contributed by atoms with van der Waals surface area (Å²) in [5.41, 5.74) is 1.89. The Morgan fingerprint density at radius 1 is 1.03 bits per heavy atom. The molecule has 0 radical (unpaired) electrons. The molecule has 176 valence electrons. The number of unbranched alkanes of at least 4 members (excludes halogenated alkanes) is 2. The standard InChI is InChI=1S/C24H35N3O4S/c1-25-32(29,30)24-19-20(12-13-23(24)31-2)22(28)11-7-4-8-14-26-15-17-27(18-16-26)21-9-5-3-6-10-21/h3,5-6,9-10,12-13,19,22,25,28H,4,7-8,11,14-18H2,1-2H3. The highest BCUT2D eigenvalue weighted by Gasteiger charge is 2.20. The van der Waals surface area contributed by atoms with E-state index in [9.17, 15) is 13.5 Å². The Hall–Kier alpha value is -2.13. The minimum Gasteiger partial charge on any atom is -0.495 e. The number of nitrogens with zero attached hydrogens (tertiary/aromatic N) is 2. The number of ether oxygens (including phenoxy) is 1. The number of hydrogen-bond acceptors (Lipinski definition) is 6. The smallest absolute Gasteiger partial charge is 0.244 e. The Bertz CT molecular complexity index is 945. The van der Waals surface area contributed by atoms with Crippen molar-refractivity contribution in [3.63, 3.8) is 0 Å². The summed E-state index contributed by atoms with van der Waals surface area (Å²) in [6.07, 6.45) is 2.94. The van der Waals surface area contributed by atoms with Crippen LogP contribution in [0.3, 0.4) is 0 Å². The largest absolute Gasteiger partial charge is 0.495 e. The first-order valence-electron chi connectivity index (χ1n) is 11.3. The normalized spacial score (nSPS) is 16.2. The van der Waals surface area contributed by atoms with E-state index in [4.69, 9.17) is 4.74 Å². The third-order valence-corrected chi connectivity index (χ3v) is 7.51. The summed E-state index contributed by atoms with van der Waals surface area (Å²) in [6, 6.07) is 15.4. The van der Waals surface area contributed by atoms with Crippen LogP contribution in [0.1, 0.15) is 37.4 Å². The number of para-hydroxylation sites is 1. The fourth-order valence-electron chi connectivity index (χ4n) is 4.11. The van der Waals surface area contributed by atoms with Crippen LogP contribution in [0.2, 0.25) is 0 Å². The van der Waals surface area contributed by atoms with Crippen LogP contribution in [0.15, 0.2) is 53.4 Å². The number of aliphatic hydroxyl groups is 1. The molecule has 0 bridgehead atoms. The average Bonchev–Trinajstić information content (AvgIpc) is 2.84. The highest BCUT2D eigenvalue weighted by Crippen LogP contribution is 2.29. The summed E-state index contributed by atoms with van der Waals surface area (Å²) in [4.78, 5) is 4.99. The van der Waals surface area contributed by atoms with E-state index in [1.165, 1.54) is 25.9 Å². The first kappa shape index (κ1) is 24.5. The number of nitrogens with one attached hydrogen (secondary N) is 1. The molecular formula is C24H35N3O4S. The summed E-state index contributed by atoms with van der Waals surface area (Å²) in [6.45, 7) is 5.33. The molecule has 32 heavy (non-hydrogen) atoms. The van der Waals surface area contributed by atoms with Gasteiger partial charge in [0, 0.05) is 31.9 Å². The molecule has 1 atom stereocenters. The number of aliphatic hydroxyl groups excluding tert-OH is 1. The predicted molar refractivity (Wildman–Crippen MR) is 128 cm³/mol. The molecule has 1 aliphatic heterocycles. The van der Waals surface area contributed by atoms with Gasteiger partial charge in [-0.2, -0.15) is 0 Å². The van der Waals surface area contributed by atoms with Gasteiger partial charge in [-0.1, -0.05) is 37.1 Å². The molecule has 0 aliphatic carbocycles. The van der Waals surface area contributed by atoms with E-state index in [-0.39, 0.29) is 10.6 Å². The van der Waals surface area contributed by atoms with Crippen LogP contribution in [-0.2, 0) is 10.0 Å². The Morgan fingerprint density at radius 2 is 1.75 bits per heavy atom. The quantitative estimate of drug-likeness (QED) is 0.501. The van der Waals surface area contributed by atoms with Gasteiger partial charge in [-0.25, -0.2) is 13.1 Å². The lowest BCUT2D eigenvalue weighted by Gasteiger charge is -2.36. The Morgan fingerprint density at radius 3 is 2.41 bits per heavy atom. The average molecular weight is 462 g/mol. The summed E-state index contributed by atoms with van der Waals surface area (Å²) < 4.78 is 31.9. The molecule has 0 saturated carbocycles. The van der Waals surface area contributed by atoms with Gasteiger partial charge in [0.25, 0.3) is 0 Å². The lowest BCUT2D eigenvalue weighted by Crippen LogP contribution is -2.46. The number of benzene rings is 2. The van der Waals surface area contributed by atoms with Gasteiger partial charge in [0.2, 0.25) is 10.0 Å². The van der Waals surface area contributed by atoms with Gasteiger partial charge in [-0.05, 0) is 56.3 Å². The van der Waals surface area contributed by atoms with E-state index in [1.807, 2.05) is 0 Å². The fraction of sp³-hybridized carbons (Fsp3) is 0.500. The lowest BCUT2D eigenvalue weighted by molar-refractivity contribution is 0.162. The van der Waals surface area contributed by atoms with Crippen molar-refractivity contribution in [2.24, 2.45) is 0 Å². The minimum atomic E-state index is -3.66. The molecule has 1 heterocycles. The van der Waals surface area contributed by atoms with Crippen LogP contribution in [-0.4, -0.2) is 65.3 Å². The van der Waals surface area contributed by atoms with Crippen LogP contribution in [0.4, 0.5) is 5.69 Å². The van der Waals surface area contributed by atoms with E-state index in [0.717, 1.165) is 52.0 Å². The second kappa shape index (κ2) is 11.7. The maximum Gasteiger partial charge on any atom is 0.244 e. The molecule has 2 N–H and O–H groups in total. The van der Waals surface area contributed by atoms with Crippen molar-refractivity contribution in [1.29, 1.82) is 0 Å². The summed E-state index contributed by atoms with van der Waals surface area (Å²) >= 11 is 0. The van der Waals surface area contributed by atoms with Gasteiger partial charge >= 0.3 is 0 Å². The van der Waals surface area contributed by atoms with Gasteiger partial charge < -0.3 is 14.7 Å². The first-order chi connectivity index (χ1) is 15.4. The zero-order valence-electron chi connectivity index (χ0n) is 19.0. The van der Waals surface area contributed by atoms with Gasteiger partial charge in [0.15, 0.2) is 0 Å². The molecule has 2 aromatic rings. The van der Waals surface area contributed by atoms with Crippen molar-refractivity contribution >= 4 is 15.7 Å². The van der Waals surface area contributed by atoms with Crippen molar-refractivity contribution in [1.82, 2.24) is 9.62 Å². The van der Waals surface area contributed by atoms with Crippen molar-refractivity contribution < 1.29 is 18.3 Å². The first-order valence-corrected chi connectivity index (χ1v) is 12.7. The summed E-state index contributed by atoms with van der Waals surface area (Å²) in [5.74, 6) is 0.266. The topological polar surface area (TPSA) is 82.1 Å². The molecule has 1 aliphatic rings. The van der Waals surface area contributed by atoms with Crippen LogP contribution >= 0.6 is 0 Å². The monoisotopic (exact) mass is 461 g/mol. The van der Waals surface area contributed by atoms with Crippen molar-refractivity contribution in [2.75, 3.05) is 51.8 Å². The van der Waals surface area contributed by atoms with Crippen LogP contribution in [0, 0.1) is 0 Å². The predicted octanol–water partition coefficient (Wildman–Crippen LogP) is 3.02. The van der Waals surface area contributed by atoms with Gasteiger partial charge in [0.05, 0.1) is 13.2 Å². The number of piperazine rings is 1. The maximum atomic E-state index is 12.2. The molecular weight excluding hydrogens is 426 g/mol. The Balaban J connectivity index is 1.39. The van der Waals surface area contributed by atoms with E-state index in [1.54, 1.807) is 12.1 Å². The van der Waals surface area contributed by atoms with Crippen molar-refractivity contribution in [3.05, 3.63) is 54.1 Å².